The molecule has 5 unspecified atom stereocenters. The minimum atomic E-state index is -0.545. The maximum absolute atomic E-state index is 18.5. The van der Waals surface area contributed by atoms with Crippen LogP contribution in [0, 0.1) is 35.4 Å². The van der Waals surface area contributed by atoms with Crippen LogP contribution in [0.25, 0.3) is 112 Å². The van der Waals surface area contributed by atoms with Crippen molar-refractivity contribution in [3.8, 4) is 61.3 Å². The topological polar surface area (TPSA) is 26.3 Å². The molecule has 0 saturated carbocycles. The summed E-state index contributed by atoms with van der Waals surface area (Å²) in [4.78, 5) is 30.0. The largest absolute Gasteiger partial charge is 0.461 e. The van der Waals surface area contributed by atoms with E-state index in [0.717, 1.165) is 75.6 Å². The van der Waals surface area contributed by atoms with Crippen molar-refractivity contribution < 1.29 is 13.9 Å². The molecular formula is C83H99FO2S10. The van der Waals surface area contributed by atoms with Crippen molar-refractivity contribution in [3.63, 3.8) is 0 Å². The van der Waals surface area contributed by atoms with Crippen molar-refractivity contribution >= 4 is 170 Å². The molecule has 12 rings (SSSR count). The zero-order valence-electron chi connectivity index (χ0n) is 58.4. The number of ether oxygens (including phenoxy) is 1. The van der Waals surface area contributed by atoms with Gasteiger partial charge in [-0.2, -0.15) is 0 Å². The molecule has 0 amide bonds. The lowest BCUT2D eigenvalue weighted by molar-refractivity contribution is 0.0429. The van der Waals surface area contributed by atoms with E-state index in [4.69, 9.17) is 4.74 Å². The fraction of sp³-hybridized carbons (Fsp3) is 0.482. The third kappa shape index (κ3) is 15.5. The second-order valence-electron chi connectivity index (χ2n) is 27.3. The van der Waals surface area contributed by atoms with E-state index in [-0.39, 0.29) is 10.8 Å². The summed E-state index contributed by atoms with van der Waals surface area (Å²) in [6, 6.07) is 28.9. The Labute approximate surface area is 612 Å². The van der Waals surface area contributed by atoms with Gasteiger partial charge in [0.15, 0.2) is 5.82 Å². The van der Waals surface area contributed by atoms with Crippen LogP contribution in [0.4, 0.5) is 4.39 Å². The Kier molecular flexibility index (Phi) is 25.3. The van der Waals surface area contributed by atoms with Gasteiger partial charge < -0.3 is 4.74 Å². The molecule has 96 heavy (non-hydrogen) atoms. The summed E-state index contributed by atoms with van der Waals surface area (Å²) >= 11 is 18.4. The van der Waals surface area contributed by atoms with Gasteiger partial charge in [0.25, 0.3) is 0 Å². The molecule has 0 bridgehead atoms. The molecular weight excluding hydrogens is 1370 g/mol. The van der Waals surface area contributed by atoms with Gasteiger partial charge in [0.2, 0.25) is 0 Å². The molecule has 2 aromatic carbocycles. The molecule has 10 heterocycles. The van der Waals surface area contributed by atoms with E-state index in [1.54, 1.807) is 11.3 Å². The summed E-state index contributed by atoms with van der Waals surface area (Å²) in [5.41, 5.74) is 5.24. The number of carbonyl (C=O) groups excluding carboxylic acids is 1. The Morgan fingerprint density at radius 3 is 1.09 bits per heavy atom. The second kappa shape index (κ2) is 33.7. The summed E-state index contributed by atoms with van der Waals surface area (Å²) in [5, 5.41) is 10.3. The Morgan fingerprint density at radius 2 is 0.729 bits per heavy atom. The molecule has 13 heteroatoms. The lowest BCUT2D eigenvalue weighted by Crippen LogP contribution is -2.14. The van der Waals surface area contributed by atoms with Gasteiger partial charge in [-0.3, -0.25) is 0 Å². The highest BCUT2D eigenvalue weighted by Gasteiger charge is 2.33. The van der Waals surface area contributed by atoms with E-state index in [0.29, 0.717) is 35.7 Å². The highest BCUT2D eigenvalue weighted by atomic mass is 32.1. The highest BCUT2D eigenvalue weighted by Crippen LogP contribution is 2.59. The first-order chi connectivity index (χ1) is 47.0. The first-order valence-electron chi connectivity index (χ1n) is 36.7. The van der Waals surface area contributed by atoms with Crippen LogP contribution in [0.2, 0.25) is 0 Å². The van der Waals surface area contributed by atoms with E-state index < -0.39 is 11.8 Å². The molecule has 0 radical (unpaired) electrons. The maximum atomic E-state index is 18.5. The minimum absolute atomic E-state index is 0.0865. The summed E-state index contributed by atoms with van der Waals surface area (Å²) in [6.07, 6.45) is 28.3. The van der Waals surface area contributed by atoms with Crippen LogP contribution in [0.1, 0.15) is 227 Å². The van der Waals surface area contributed by atoms with Crippen molar-refractivity contribution in [1.82, 2.24) is 0 Å². The average molecular weight is 1470 g/mol. The van der Waals surface area contributed by atoms with Crippen molar-refractivity contribution in [3.05, 3.63) is 114 Å². The predicted molar refractivity (Wildman–Crippen MR) is 437 cm³/mol. The smallest absolute Gasteiger partial charge is 0.351 e. The number of hydrogen-bond acceptors (Lipinski definition) is 12. The molecule has 0 spiro atoms. The normalized spacial score (nSPS) is 13.8. The monoisotopic (exact) mass is 1470 g/mol. The molecule has 0 fully saturated rings. The van der Waals surface area contributed by atoms with Crippen LogP contribution in [0.15, 0.2) is 83.6 Å². The number of fused-ring (bicyclic) bond motifs is 5. The van der Waals surface area contributed by atoms with Gasteiger partial charge in [-0.05, 0) is 145 Å². The van der Waals surface area contributed by atoms with Crippen LogP contribution in [-0.4, -0.2) is 12.6 Å². The molecule has 2 nitrogen and oxygen atoms in total. The first-order valence-corrected chi connectivity index (χ1v) is 45.0. The van der Waals surface area contributed by atoms with Gasteiger partial charge in [-0.1, -0.05) is 191 Å². The molecule has 10 aromatic heterocycles. The Hall–Kier alpha value is -3.86. The zero-order chi connectivity index (χ0) is 67.0. The molecule has 0 aliphatic heterocycles. The number of hydrogen-bond donors (Lipinski definition) is 0. The number of unbranched alkanes of at least 4 members (excludes halogenated alkanes) is 5. The van der Waals surface area contributed by atoms with E-state index in [1.807, 2.05) is 90.7 Å². The Bertz CT molecular complexity index is 4290. The van der Waals surface area contributed by atoms with Gasteiger partial charge in [-0.15, -0.1) is 113 Å². The number of rotatable bonds is 37. The number of carbonyl (C=O) groups is 1. The standard InChI is InChI=1S/C83H99FO2S10/c1-11-21-26-50(16-6)43-55-31-35-63(89-55)69-59-39-41-87-75(59)71(65-37-33-57(91-65)45-52(18-8)28-23-13-3)61-47-67(93-77(61)69)79-73-74(84)82(83(85)86-49-54(20-10)30-25-15-5)96-81(73)80(95-79)68-48-62-72(66-38-34-58(92-66)46-53(19-9)29-24-14-4)76-60(40-42-88-76)70(78(62)94-68)64-36-32-56(90-64)44-51(17-7)27-22-12-2/h31-42,47-48,50-54H,11-30,43-46,49H2,1-10H3. The molecule has 5 atom stereocenters. The van der Waals surface area contributed by atoms with E-state index in [9.17, 15) is 4.79 Å². The average Bonchev–Trinajstić information content (AvgIpc) is 1.56. The first kappa shape index (κ1) is 71.9. The molecule has 510 valence electrons. The zero-order valence-corrected chi connectivity index (χ0v) is 66.6. The van der Waals surface area contributed by atoms with Crippen LogP contribution < -0.4 is 0 Å². The molecule has 0 saturated heterocycles. The van der Waals surface area contributed by atoms with Gasteiger partial charge in [0.05, 0.1) is 21.1 Å². The SMILES string of the molecule is CCCCC(CC)COC(=O)c1sc2c(-c3cc4c(-c5ccc(CC(CC)CCCC)s5)c5sccc5c(-c5ccc(CC(CC)CCCC)s5)c4s3)sc(-c3cc4c(-c5ccc(CC(CC)CCCC)s5)c5sccc5c(-c5ccc(CC(CC)CCCC)s5)c4s3)c2c1F. The predicted octanol–water partition coefficient (Wildman–Crippen LogP) is 31.6. The van der Waals surface area contributed by atoms with Crippen molar-refractivity contribution in [2.45, 2.75) is 223 Å². The van der Waals surface area contributed by atoms with Gasteiger partial charge in [-0.25, -0.2) is 9.18 Å². The van der Waals surface area contributed by atoms with Gasteiger partial charge in [0.1, 0.15) is 4.88 Å². The lowest BCUT2D eigenvalue weighted by atomic mass is 9.95. The summed E-state index contributed by atoms with van der Waals surface area (Å²) in [7, 11) is 0. The molecule has 0 aliphatic rings. The van der Waals surface area contributed by atoms with Crippen LogP contribution in [0.3, 0.4) is 0 Å². The highest BCUT2D eigenvalue weighted by molar-refractivity contribution is 7.35. The number of thiophene rings is 10. The van der Waals surface area contributed by atoms with Crippen molar-refractivity contribution in [1.29, 1.82) is 0 Å². The number of esters is 1. The van der Waals surface area contributed by atoms with Crippen molar-refractivity contribution in [2.75, 3.05) is 6.61 Å². The van der Waals surface area contributed by atoms with Gasteiger partial charge in [0, 0.05) is 117 Å². The third-order valence-corrected chi connectivity index (χ3v) is 32.2. The molecule has 12 aromatic rings. The van der Waals surface area contributed by atoms with E-state index in [2.05, 4.69) is 153 Å². The molecule has 0 N–H and O–H groups in total. The lowest BCUT2D eigenvalue weighted by Gasteiger charge is -2.14. The number of benzene rings is 2. The minimum Gasteiger partial charge on any atom is -0.461 e. The summed E-state index contributed by atoms with van der Waals surface area (Å²) in [5.74, 6) is 1.94. The third-order valence-electron chi connectivity index (χ3n) is 20.7. The quantitative estimate of drug-likeness (QED) is 0.0363. The van der Waals surface area contributed by atoms with Crippen LogP contribution in [-0.2, 0) is 30.4 Å². The van der Waals surface area contributed by atoms with E-state index in [1.165, 1.54) is 216 Å². The fourth-order valence-electron chi connectivity index (χ4n) is 14.6. The Morgan fingerprint density at radius 1 is 0.375 bits per heavy atom. The van der Waals surface area contributed by atoms with Crippen molar-refractivity contribution in [2.24, 2.45) is 29.6 Å². The summed E-state index contributed by atoms with van der Waals surface area (Å²) < 4.78 is 30.8. The van der Waals surface area contributed by atoms with Crippen LogP contribution >= 0.6 is 113 Å². The Balaban J connectivity index is 1.08. The van der Waals surface area contributed by atoms with Gasteiger partial charge >= 0.3 is 5.97 Å². The van der Waals surface area contributed by atoms with Crippen LogP contribution in [0.5, 0.6) is 0 Å². The summed E-state index contributed by atoms with van der Waals surface area (Å²) in [6.45, 7) is 23.4. The van der Waals surface area contributed by atoms with E-state index >= 15 is 4.39 Å². The molecule has 0 aliphatic carbocycles. The maximum Gasteiger partial charge on any atom is 0.351 e. The fourth-order valence-corrected chi connectivity index (χ4v) is 26.9. The second-order valence-corrected chi connectivity index (χ2v) is 38.0. The number of halogens is 1.